The lowest BCUT2D eigenvalue weighted by molar-refractivity contribution is 0.701. The van der Waals surface area contributed by atoms with Crippen molar-refractivity contribution < 1.29 is 0 Å². The van der Waals surface area contributed by atoms with Crippen molar-refractivity contribution in [1.82, 2.24) is 19.3 Å². The fourth-order valence-corrected chi connectivity index (χ4v) is 2.18. The lowest BCUT2D eigenvalue weighted by Gasteiger charge is -2.07. The summed E-state index contributed by atoms with van der Waals surface area (Å²) in [6.45, 7) is 2.04. The van der Waals surface area contributed by atoms with Crippen LogP contribution in [0, 0.1) is 0 Å². The largest absolute Gasteiger partial charge is 0.333 e. The summed E-state index contributed by atoms with van der Waals surface area (Å²) in [6.07, 6.45) is 8.27. The summed E-state index contributed by atoms with van der Waals surface area (Å²) >= 11 is 0. The molecule has 0 unspecified atom stereocenters. The van der Waals surface area contributed by atoms with Crippen LogP contribution in [0.25, 0.3) is 0 Å². The molecule has 0 saturated heterocycles. The highest BCUT2D eigenvalue weighted by Gasteiger charge is 2.25. The van der Waals surface area contributed by atoms with E-state index in [4.69, 9.17) is 0 Å². The fourth-order valence-electron chi connectivity index (χ4n) is 2.18. The molecule has 1 saturated carbocycles. The van der Waals surface area contributed by atoms with Crippen LogP contribution in [0.5, 0.6) is 0 Å². The summed E-state index contributed by atoms with van der Waals surface area (Å²) in [5.41, 5.74) is 1.73. The Morgan fingerprint density at radius 1 is 1.47 bits per heavy atom. The minimum Gasteiger partial charge on any atom is -0.333 e. The number of hydrogen-bond acceptors (Lipinski definition) is 4. The topological polar surface area (TPSA) is 64.7 Å². The van der Waals surface area contributed by atoms with E-state index in [1.54, 1.807) is 21.6 Å². The quantitative estimate of drug-likeness (QED) is 0.906. The van der Waals surface area contributed by atoms with Crippen molar-refractivity contribution in [3.05, 3.63) is 34.6 Å². The molecule has 0 aromatic carbocycles. The van der Waals surface area contributed by atoms with Gasteiger partial charge in [-0.2, -0.15) is 5.10 Å². The monoisotopic (exact) mass is 259 g/mol. The molecular weight excluding hydrogens is 242 g/mol. The van der Waals surface area contributed by atoms with E-state index in [1.807, 2.05) is 20.2 Å². The minimum atomic E-state index is -0.0593. The van der Waals surface area contributed by atoms with Gasteiger partial charge in [-0.1, -0.05) is 6.92 Å². The summed E-state index contributed by atoms with van der Waals surface area (Å²) in [5.74, 6) is 0.372. The molecule has 0 radical (unpaired) electrons. The molecule has 6 heteroatoms. The zero-order chi connectivity index (χ0) is 13.4. The summed E-state index contributed by atoms with van der Waals surface area (Å²) in [7, 11) is 1.87. The van der Waals surface area contributed by atoms with Crippen LogP contribution in [-0.4, -0.2) is 19.3 Å². The number of anilines is 2. The number of nitrogens with one attached hydrogen (secondary N) is 1. The van der Waals surface area contributed by atoms with Gasteiger partial charge in [-0.15, -0.1) is 0 Å². The SMILES string of the molecule is CCc1nn(C)cc1Nc1nccn(C2CC2)c1=O. The van der Waals surface area contributed by atoms with Gasteiger partial charge < -0.3 is 9.88 Å². The van der Waals surface area contributed by atoms with E-state index in [0.29, 0.717) is 11.9 Å². The Morgan fingerprint density at radius 3 is 2.95 bits per heavy atom. The first-order chi connectivity index (χ1) is 9.19. The second-order valence-electron chi connectivity index (χ2n) is 4.86. The Kier molecular flexibility index (Phi) is 2.85. The minimum absolute atomic E-state index is 0.0593. The molecule has 0 aliphatic heterocycles. The van der Waals surface area contributed by atoms with Crippen LogP contribution in [0.1, 0.15) is 31.5 Å². The smallest absolute Gasteiger partial charge is 0.293 e. The van der Waals surface area contributed by atoms with Gasteiger partial charge in [-0.05, 0) is 19.3 Å². The molecule has 6 nitrogen and oxygen atoms in total. The molecule has 0 atom stereocenters. The molecule has 1 aliphatic rings. The average Bonchev–Trinajstić information content (AvgIpc) is 3.16. The molecular formula is C13H17N5O. The summed E-state index contributed by atoms with van der Waals surface area (Å²) in [5, 5.41) is 7.45. The van der Waals surface area contributed by atoms with Gasteiger partial charge in [-0.3, -0.25) is 9.48 Å². The second-order valence-corrected chi connectivity index (χ2v) is 4.86. The third-order valence-corrected chi connectivity index (χ3v) is 3.30. The van der Waals surface area contributed by atoms with E-state index in [-0.39, 0.29) is 5.56 Å². The van der Waals surface area contributed by atoms with Gasteiger partial charge in [0, 0.05) is 31.7 Å². The molecule has 0 spiro atoms. The van der Waals surface area contributed by atoms with Crippen LogP contribution in [0.4, 0.5) is 11.5 Å². The molecule has 0 bridgehead atoms. The fraction of sp³-hybridized carbons (Fsp3) is 0.462. The van der Waals surface area contributed by atoms with Gasteiger partial charge in [-0.25, -0.2) is 4.98 Å². The van der Waals surface area contributed by atoms with Gasteiger partial charge in [0.25, 0.3) is 5.56 Å². The number of rotatable bonds is 4. The van der Waals surface area contributed by atoms with E-state index >= 15 is 0 Å². The molecule has 3 rings (SSSR count). The van der Waals surface area contributed by atoms with Crippen LogP contribution in [-0.2, 0) is 13.5 Å². The third kappa shape index (κ3) is 2.25. The van der Waals surface area contributed by atoms with Crippen molar-refractivity contribution in [2.45, 2.75) is 32.2 Å². The van der Waals surface area contributed by atoms with E-state index in [9.17, 15) is 4.79 Å². The molecule has 1 N–H and O–H groups in total. The number of nitrogens with zero attached hydrogens (tertiary/aromatic N) is 4. The first-order valence-corrected chi connectivity index (χ1v) is 6.55. The summed E-state index contributed by atoms with van der Waals surface area (Å²) in [4.78, 5) is 16.4. The van der Waals surface area contributed by atoms with Crippen LogP contribution in [0.2, 0.25) is 0 Å². The van der Waals surface area contributed by atoms with Gasteiger partial charge in [0.1, 0.15) is 0 Å². The van der Waals surface area contributed by atoms with E-state index < -0.39 is 0 Å². The van der Waals surface area contributed by atoms with Crippen molar-refractivity contribution in [3.63, 3.8) is 0 Å². The van der Waals surface area contributed by atoms with Crippen LogP contribution in [0.15, 0.2) is 23.4 Å². The van der Waals surface area contributed by atoms with Gasteiger partial charge >= 0.3 is 0 Å². The lowest BCUT2D eigenvalue weighted by Crippen LogP contribution is -2.22. The number of hydrogen-bond donors (Lipinski definition) is 1. The zero-order valence-electron chi connectivity index (χ0n) is 11.1. The normalized spacial score (nSPS) is 14.6. The highest BCUT2D eigenvalue weighted by Crippen LogP contribution is 2.33. The van der Waals surface area contributed by atoms with Crippen LogP contribution in [0.3, 0.4) is 0 Å². The molecule has 1 fully saturated rings. The maximum absolute atomic E-state index is 12.3. The second kappa shape index (κ2) is 4.53. The molecule has 100 valence electrons. The van der Waals surface area contributed by atoms with Crippen LogP contribution < -0.4 is 10.9 Å². The predicted octanol–water partition coefficient (Wildman–Crippen LogP) is 1.62. The zero-order valence-corrected chi connectivity index (χ0v) is 11.1. The average molecular weight is 259 g/mol. The first kappa shape index (κ1) is 12.0. The Labute approximate surface area is 111 Å². The summed E-state index contributed by atoms with van der Waals surface area (Å²) in [6, 6.07) is 0.357. The van der Waals surface area contributed by atoms with Crippen molar-refractivity contribution in [2.75, 3.05) is 5.32 Å². The van der Waals surface area contributed by atoms with Crippen molar-refractivity contribution in [3.8, 4) is 0 Å². The highest BCUT2D eigenvalue weighted by molar-refractivity contribution is 5.57. The Balaban J connectivity index is 1.94. The highest BCUT2D eigenvalue weighted by atomic mass is 16.1. The Hall–Kier alpha value is -2.11. The van der Waals surface area contributed by atoms with Gasteiger partial charge in [0.05, 0.1) is 11.4 Å². The van der Waals surface area contributed by atoms with Gasteiger partial charge in [0.15, 0.2) is 5.82 Å². The third-order valence-electron chi connectivity index (χ3n) is 3.30. The van der Waals surface area contributed by atoms with Crippen molar-refractivity contribution in [1.29, 1.82) is 0 Å². The first-order valence-electron chi connectivity index (χ1n) is 6.55. The lowest BCUT2D eigenvalue weighted by atomic mass is 10.3. The van der Waals surface area contributed by atoms with E-state index in [1.165, 1.54) is 0 Å². The van der Waals surface area contributed by atoms with E-state index in [0.717, 1.165) is 30.6 Å². The Bertz CT molecular complexity index is 653. The Morgan fingerprint density at radius 2 is 2.26 bits per heavy atom. The molecule has 0 amide bonds. The molecule has 2 aromatic rings. The maximum Gasteiger partial charge on any atom is 0.293 e. The van der Waals surface area contributed by atoms with Gasteiger partial charge in [0.2, 0.25) is 0 Å². The molecule has 1 aliphatic carbocycles. The number of aryl methyl sites for hydroxylation is 2. The molecule has 2 aromatic heterocycles. The van der Waals surface area contributed by atoms with Crippen LogP contribution >= 0.6 is 0 Å². The van der Waals surface area contributed by atoms with Crippen molar-refractivity contribution in [2.24, 2.45) is 7.05 Å². The van der Waals surface area contributed by atoms with Crippen molar-refractivity contribution >= 4 is 11.5 Å². The molecule has 19 heavy (non-hydrogen) atoms. The van der Waals surface area contributed by atoms with E-state index in [2.05, 4.69) is 15.4 Å². The molecule has 2 heterocycles. The number of aromatic nitrogens is 4. The predicted molar refractivity (Wildman–Crippen MR) is 72.6 cm³/mol. The summed E-state index contributed by atoms with van der Waals surface area (Å²) < 4.78 is 3.50. The standard InChI is InChI=1S/C13H17N5O/c1-3-10-11(8-17(2)16-10)15-12-13(19)18(7-6-14-12)9-4-5-9/h6-9H,3-5H2,1-2H3,(H,14,15). The maximum atomic E-state index is 12.3.